The number of aryl methyl sites for hydroxylation is 1. The summed E-state index contributed by atoms with van der Waals surface area (Å²) in [5.74, 6) is 1.11. The van der Waals surface area contributed by atoms with E-state index in [-0.39, 0.29) is 5.91 Å². The second-order valence-electron chi connectivity index (χ2n) is 5.80. The number of amides is 1. The number of carbonyl (C=O) groups excluding carboxylic acids is 1. The number of benzene rings is 1. The van der Waals surface area contributed by atoms with Gasteiger partial charge in [-0.15, -0.1) is 0 Å². The number of pyridine rings is 1. The lowest BCUT2D eigenvalue weighted by Crippen LogP contribution is -2.23. The Balaban J connectivity index is 1.86. The van der Waals surface area contributed by atoms with Gasteiger partial charge in [0.15, 0.2) is 5.69 Å². The predicted octanol–water partition coefficient (Wildman–Crippen LogP) is 2.91. The molecular formula is C20H22N4O3. The van der Waals surface area contributed by atoms with Crippen molar-refractivity contribution < 1.29 is 14.3 Å². The lowest BCUT2D eigenvalue weighted by Gasteiger charge is -2.11. The Hall–Kier alpha value is -3.35. The average Bonchev–Trinajstić information content (AvgIpc) is 3.16. The van der Waals surface area contributed by atoms with Crippen molar-refractivity contribution in [2.45, 2.75) is 20.0 Å². The topological polar surface area (TPSA) is 78.3 Å². The van der Waals surface area contributed by atoms with Gasteiger partial charge in [0.25, 0.3) is 5.91 Å². The number of rotatable bonds is 7. The van der Waals surface area contributed by atoms with E-state index in [1.165, 1.54) is 0 Å². The zero-order valence-corrected chi connectivity index (χ0v) is 15.6. The number of aromatic nitrogens is 3. The molecule has 27 heavy (non-hydrogen) atoms. The number of nitrogens with zero attached hydrogens (tertiary/aromatic N) is 3. The highest BCUT2D eigenvalue weighted by Gasteiger charge is 2.18. The SMILES string of the molecule is CCn1nc(C(=O)NCc2ccccn2)cc1-c1ccc(OC)cc1OC. The van der Waals surface area contributed by atoms with Gasteiger partial charge in [0.2, 0.25) is 0 Å². The maximum Gasteiger partial charge on any atom is 0.272 e. The molecule has 0 atom stereocenters. The van der Waals surface area contributed by atoms with E-state index in [1.54, 1.807) is 31.2 Å². The van der Waals surface area contributed by atoms with Gasteiger partial charge in [-0.3, -0.25) is 14.5 Å². The van der Waals surface area contributed by atoms with Gasteiger partial charge >= 0.3 is 0 Å². The zero-order valence-electron chi connectivity index (χ0n) is 15.6. The highest BCUT2D eigenvalue weighted by molar-refractivity contribution is 5.93. The van der Waals surface area contributed by atoms with Crippen molar-refractivity contribution in [1.82, 2.24) is 20.1 Å². The second kappa shape index (κ2) is 8.35. The Labute approximate surface area is 158 Å². The van der Waals surface area contributed by atoms with E-state index in [1.807, 2.05) is 43.3 Å². The molecule has 1 N–H and O–H groups in total. The largest absolute Gasteiger partial charge is 0.497 e. The fraction of sp³-hybridized carbons (Fsp3) is 0.250. The van der Waals surface area contributed by atoms with Gasteiger partial charge in [-0.05, 0) is 37.3 Å². The number of ether oxygens (including phenoxy) is 2. The van der Waals surface area contributed by atoms with Crippen LogP contribution in [-0.4, -0.2) is 34.9 Å². The molecule has 0 spiro atoms. The number of carbonyl (C=O) groups is 1. The van der Waals surface area contributed by atoms with E-state index in [4.69, 9.17) is 9.47 Å². The molecule has 2 heterocycles. The van der Waals surface area contributed by atoms with Crippen molar-refractivity contribution in [3.63, 3.8) is 0 Å². The number of methoxy groups -OCH3 is 2. The number of hydrogen-bond acceptors (Lipinski definition) is 5. The molecule has 3 rings (SSSR count). The molecule has 0 unspecified atom stereocenters. The normalized spacial score (nSPS) is 10.5. The van der Waals surface area contributed by atoms with Crippen LogP contribution in [0.5, 0.6) is 11.5 Å². The molecule has 0 aliphatic rings. The van der Waals surface area contributed by atoms with E-state index < -0.39 is 0 Å². The summed E-state index contributed by atoms with van der Waals surface area (Å²) in [7, 11) is 3.21. The van der Waals surface area contributed by atoms with E-state index in [0.29, 0.717) is 30.3 Å². The van der Waals surface area contributed by atoms with Crippen LogP contribution < -0.4 is 14.8 Å². The van der Waals surface area contributed by atoms with E-state index in [0.717, 1.165) is 17.0 Å². The summed E-state index contributed by atoms with van der Waals surface area (Å²) in [5, 5.41) is 7.28. The smallest absolute Gasteiger partial charge is 0.272 e. The third-order valence-electron chi connectivity index (χ3n) is 4.15. The molecule has 3 aromatic rings. The molecule has 7 nitrogen and oxygen atoms in total. The molecule has 1 amide bonds. The molecule has 0 bridgehead atoms. The summed E-state index contributed by atoms with van der Waals surface area (Å²) < 4.78 is 12.5. The molecule has 0 saturated carbocycles. The molecular weight excluding hydrogens is 344 g/mol. The van der Waals surface area contributed by atoms with Crippen LogP contribution in [0.4, 0.5) is 0 Å². The van der Waals surface area contributed by atoms with Crippen LogP contribution in [-0.2, 0) is 13.1 Å². The summed E-state index contributed by atoms with van der Waals surface area (Å²) in [6, 6.07) is 12.9. The maximum absolute atomic E-state index is 12.5. The monoisotopic (exact) mass is 366 g/mol. The van der Waals surface area contributed by atoms with Crippen molar-refractivity contribution in [1.29, 1.82) is 0 Å². The second-order valence-corrected chi connectivity index (χ2v) is 5.80. The van der Waals surface area contributed by atoms with Gasteiger partial charge in [0.1, 0.15) is 11.5 Å². The standard InChI is InChI=1S/C20H22N4O3/c1-4-24-18(16-9-8-15(26-2)11-19(16)27-3)12-17(23-24)20(25)22-13-14-7-5-6-10-21-14/h5-12H,4,13H2,1-3H3,(H,22,25). The van der Waals surface area contributed by atoms with Crippen LogP contribution in [0, 0.1) is 0 Å². The van der Waals surface area contributed by atoms with Gasteiger partial charge in [-0.2, -0.15) is 5.10 Å². The fourth-order valence-corrected chi connectivity index (χ4v) is 2.76. The van der Waals surface area contributed by atoms with Crippen molar-refractivity contribution in [2.75, 3.05) is 14.2 Å². The molecule has 0 fully saturated rings. The first-order valence-corrected chi connectivity index (χ1v) is 8.64. The maximum atomic E-state index is 12.5. The summed E-state index contributed by atoms with van der Waals surface area (Å²) in [6.45, 7) is 2.94. The molecule has 7 heteroatoms. The van der Waals surface area contributed by atoms with Crippen LogP contribution >= 0.6 is 0 Å². The van der Waals surface area contributed by atoms with Crippen LogP contribution in [0.3, 0.4) is 0 Å². The Morgan fingerprint density at radius 1 is 1.15 bits per heavy atom. The van der Waals surface area contributed by atoms with Gasteiger partial charge < -0.3 is 14.8 Å². The van der Waals surface area contributed by atoms with E-state index in [2.05, 4.69) is 15.4 Å². The molecule has 1 aromatic carbocycles. The lowest BCUT2D eigenvalue weighted by atomic mass is 10.1. The van der Waals surface area contributed by atoms with Crippen molar-refractivity contribution in [3.8, 4) is 22.8 Å². The minimum absolute atomic E-state index is 0.249. The molecule has 0 aliphatic carbocycles. The quantitative estimate of drug-likeness (QED) is 0.696. The number of nitrogens with one attached hydrogen (secondary N) is 1. The third-order valence-corrected chi connectivity index (χ3v) is 4.15. The highest BCUT2D eigenvalue weighted by atomic mass is 16.5. The number of hydrogen-bond donors (Lipinski definition) is 1. The lowest BCUT2D eigenvalue weighted by molar-refractivity contribution is 0.0944. The minimum atomic E-state index is -0.249. The van der Waals surface area contributed by atoms with Crippen LogP contribution in [0.1, 0.15) is 23.1 Å². The first kappa shape index (κ1) is 18.4. The molecule has 0 radical (unpaired) electrons. The molecule has 0 saturated heterocycles. The molecule has 140 valence electrons. The molecule has 2 aromatic heterocycles. The zero-order chi connectivity index (χ0) is 19.2. The van der Waals surface area contributed by atoms with Crippen molar-refractivity contribution >= 4 is 5.91 Å². The third kappa shape index (κ3) is 4.08. The summed E-state index contributed by atoms with van der Waals surface area (Å²) >= 11 is 0. The van der Waals surface area contributed by atoms with E-state index in [9.17, 15) is 4.79 Å². The Kier molecular flexibility index (Phi) is 5.71. The first-order valence-electron chi connectivity index (χ1n) is 8.64. The summed E-state index contributed by atoms with van der Waals surface area (Å²) in [4.78, 5) is 16.7. The van der Waals surface area contributed by atoms with Crippen LogP contribution in [0.15, 0.2) is 48.7 Å². The van der Waals surface area contributed by atoms with Crippen LogP contribution in [0.2, 0.25) is 0 Å². The Morgan fingerprint density at radius 3 is 2.67 bits per heavy atom. The van der Waals surface area contributed by atoms with Gasteiger partial charge in [-0.1, -0.05) is 6.07 Å². The van der Waals surface area contributed by atoms with Gasteiger partial charge in [0, 0.05) is 24.4 Å². The molecule has 0 aliphatic heterocycles. The predicted molar refractivity (Wildman–Crippen MR) is 102 cm³/mol. The highest BCUT2D eigenvalue weighted by Crippen LogP contribution is 2.33. The summed E-state index contributed by atoms with van der Waals surface area (Å²) in [5.41, 5.74) is 2.79. The van der Waals surface area contributed by atoms with E-state index >= 15 is 0 Å². The van der Waals surface area contributed by atoms with Gasteiger partial charge in [0.05, 0.1) is 32.2 Å². The Morgan fingerprint density at radius 2 is 2.00 bits per heavy atom. The fourth-order valence-electron chi connectivity index (χ4n) is 2.76. The minimum Gasteiger partial charge on any atom is -0.497 e. The van der Waals surface area contributed by atoms with Gasteiger partial charge in [-0.25, -0.2) is 0 Å². The van der Waals surface area contributed by atoms with Crippen LogP contribution in [0.25, 0.3) is 11.3 Å². The first-order chi connectivity index (χ1) is 13.2. The summed E-state index contributed by atoms with van der Waals surface area (Å²) in [6.07, 6.45) is 1.70. The Bertz CT molecular complexity index is 922. The van der Waals surface area contributed by atoms with Crippen molar-refractivity contribution in [3.05, 3.63) is 60.0 Å². The average molecular weight is 366 g/mol. The van der Waals surface area contributed by atoms with Crippen molar-refractivity contribution in [2.24, 2.45) is 0 Å².